The Balaban J connectivity index is 0.000000143. The summed E-state index contributed by atoms with van der Waals surface area (Å²) in [6.07, 6.45) is 42.4. The van der Waals surface area contributed by atoms with Crippen molar-refractivity contribution in [3.8, 4) is 0 Å². The lowest BCUT2D eigenvalue weighted by Gasteiger charge is -1.98. The third-order valence-corrected chi connectivity index (χ3v) is 17.7. The van der Waals surface area contributed by atoms with Crippen LogP contribution in [0, 0.1) is 96.9 Å². The largest absolute Gasteiger partial charge is 0.346 e. The van der Waals surface area contributed by atoms with Gasteiger partial charge < -0.3 is 15.0 Å². The van der Waals surface area contributed by atoms with Gasteiger partial charge in [0.2, 0.25) is 0 Å². The van der Waals surface area contributed by atoms with Crippen molar-refractivity contribution in [2.24, 2.45) is 0 Å². The number of imidazole rings is 1. The van der Waals surface area contributed by atoms with Crippen LogP contribution < -0.4 is 0 Å². The van der Waals surface area contributed by atoms with Crippen LogP contribution in [0.25, 0.3) is 98.9 Å². The minimum Gasteiger partial charge on any atom is -0.346 e. The molecular weight excluding hydrogens is 1590 g/mol. The van der Waals surface area contributed by atoms with Crippen LogP contribution in [0.2, 0.25) is 0 Å². The van der Waals surface area contributed by atoms with Crippen molar-refractivity contribution < 1.29 is 0 Å². The molecule has 638 valence electrons. The van der Waals surface area contributed by atoms with Gasteiger partial charge in [-0.25, -0.2) is 29.9 Å². The predicted molar refractivity (Wildman–Crippen MR) is 502 cm³/mol. The van der Waals surface area contributed by atoms with E-state index in [4.69, 9.17) is 0 Å². The molecule has 7 N–H and O–H groups in total. The highest BCUT2D eigenvalue weighted by Gasteiger charge is 2.03. The number of para-hydroxylation sites is 3. The molecule has 0 fully saturated rings. The maximum atomic E-state index is 4.31. The van der Waals surface area contributed by atoms with Crippen molar-refractivity contribution in [2.45, 2.75) is 96.9 Å². The number of nitrogens with one attached hydrogen (secondary N) is 7. The van der Waals surface area contributed by atoms with Crippen molar-refractivity contribution in [3.63, 3.8) is 0 Å². The molecule has 4 aromatic carbocycles. The number of aryl methyl sites for hydroxylation is 14. The average Bonchev–Trinajstić information content (AvgIpc) is 1.83. The summed E-state index contributed by atoms with van der Waals surface area (Å²) in [6, 6.07) is 52.4. The first kappa shape index (κ1) is 92.4. The van der Waals surface area contributed by atoms with E-state index >= 15 is 0 Å². The van der Waals surface area contributed by atoms with Crippen LogP contribution in [0.15, 0.2) is 307 Å². The molecule has 0 saturated heterocycles. The molecule has 0 spiro atoms. The molecule has 0 bridgehead atoms. The first-order valence-electron chi connectivity index (χ1n) is 40.1. The average molecular weight is 1690 g/mol. The van der Waals surface area contributed by atoms with Crippen LogP contribution in [0.1, 0.15) is 78.5 Å². The molecule has 19 aromatic heterocycles. The molecule has 19 heterocycles. The number of H-pyrrole nitrogens is 7. The summed E-state index contributed by atoms with van der Waals surface area (Å²) in [5, 5.41) is 65.6. The molecular formula is C96H99N31. The second-order valence-electron chi connectivity index (χ2n) is 28.5. The minimum atomic E-state index is 0.750. The zero-order valence-corrected chi connectivity index (χ0v) is 73.1. The van der Waals surface area contributed by atoms with Crippen LogP contribution in [0.3, 0.4) is 0 Å². The summed E-state index contributed by atoms with van der Waals surface area (Å²) >= 11 is 0. The van der Waals surface area contributed by atoms with E-state index < -0.39 is 0 Å². The van der Waals surface area contributed by atoms with Crippen LogP contribution in [-0.2, 0) is 0 Å². The van der Waals surface area contributed by atoms with Gasteiger partial charge in [0.05, 0.1) is 82.5 Å². The number of nitrogens with zero attached hydrogens (tertiary/aromatic N) is 24. The zero-order valence-electron chi connectivity index (χ0n) is 73.1. The Labute approximate surface area is 733 Å². The Bertz CT molecular complexity index is 6520. The zero-order chi connectivity index (χ0) is 89.8. The maximum Gasteiger partial charge on any atom is 0.178 e. The minimum absolute atomic E-state index is 0.750. The quantitative estimate of drug-likeness (QED) is 0.0741. The highest BCUT2D eigenvalue weighted by Crippen LogP contribution is 2.18. The van der Waals surface area contributed by atoms with Gasteiger partial charge in [0.15, 0.2) is 22.6 Å². The van der Waals surface area contributed by atoms with Crippen molar-refractivity contribution >= 4 is 98.9 Å². The molecule has 0 aliphatic carbocycles. The number of benzene rings is 4. The van der Waals surface area contributed by atoms with Gasteiger partial charge in [-0.2, -0.15) is 51.0 Å². The molecule has 31 nitrogen and oxygen atoms in total. The summed E-state index contributed by atoms with van der Waals surface area (Å²) in [5.41, 5.74) is 23.9. The smallest absolute Gasteiger partial charge is 0.178 e. The van der Waals surface area contributed by atoms with Gasteiger partial charge >= 0.3 is 0 Å². The second kappa shape index (κ2) is 49.8. The number of hydrogen-bond acceptors (Lipinski definition) is 24. The topological polar surface area (TPSA) is 420 Å². The first-order chi connectivity index (χ1) is 61.8. The SMILES string of the molecule is Cc1cccnc1.Cc1ccn[nH]1.Cc1ccnnc1.Cc1cnc2[nH]ccc2c1.Cc1cnc2[nH]ncc2c1.Cc1cnc2ccccc2c1.Cc1cnc2ccccc2n1.Cc1cnc2nc[nH]c2c1.Cc1cncc2ccccc12.Cc1cnccn1.Cc1cnnc2[nH]ccc12.Cc1cnnc2[nH]ncc12.Cc1cnnc2ccccc12.Cc1ncn[nH]1. The van der Waals surface area contributed by atoms with Gasteiger partial charge in [-0.1, -0.05) is 78.9 Å². The Morgan fingerprint density at radius 2 is 0.866 bits per heavy atom. The normalized spacial score (nSPS) is 9.97. The van der Waals surface area contributed by atoms with Crippen molar-refractivity contribution in [1.29, 1.82) is 0 Å². The highest BCUT2D eigenvalue weighted by molar-refractivity contribution is 5.85. The molecule has 23 aromatic rings. The Morgan fingerprint density at radius 1 is 0.260 bits per heavy atom. The van der Waals surface area contributed by atoms with Gasteiger partial charge in [-0.15, -0.1) is 10.2 Å². The van der Waals surface area contributed by atoms with E-state index in [9.17, 15) is 0 Å². The lowest BCUT2D eigenvalue weighted by Crippen LogP contribution is -1.85. The van der Waals surface area contributed by atoms with Gasteiger partial charge in [0.25, 0.3) is 0 Å². The fourth-order valence-electron chi connectivity index (χ4n) is 11.2. The van der Waals surface area contributed by atoms with E-state index in [-0.39, 0.29) is 0 Å². The van der Waals surface area contributed by atoms with E-state index in [1.165, 1.54) is 61.1 Å². The lowest BCUT2D eigenvalue weighted by molar-refractivity contribution is 1.01. The molecule has 0 radical (unpaired) electrons. The number of hydrogen-bond donors (Lipinski definition) is 7. The maximum absolute atomic E-state index is 4.31. The summed E-state index contributed by atoms with van der Waals surface area (Å²) in [6.45, 7) is 27.9. The first-order valence-corrected chi connectivity index (χ1v) is 40.1. The standard InChI is InChI=1S/2C10H9N.2C9H8N2.C8H8N2.3C7H7N3.C6H6N4.C6H7N.2C5H6N2.C4H6N2.C3H5N3/c1-8-6-11-7-9-4-2-3-5-10(8)9;1-8-6-9-4-2-3-5-10(9)11-7-8;1-7-6-10-8-4-2-3-5-9(8)11-7;1-7-6-10-11-9-5-3-2-4-8(7)9;1-6-4-7-2-3-9-8(7)10-5-6;1-5-2-6-7(8-3-5)10-4-9-6;1-5-2-6-4-9-10-7(6)8-3-5;1-5-4-9-10-7-6(5)2-3-8-7;1-4-2-7-9-6-5(4)3-8-10-6;1-6-3-2-4-7-5-6;1-5-4-6-2-3-7-5;1-5-2-3-6-7-4-5;1-4-2-3-5-6-4;1-3-4-2-5-6-3/h2*2-7H,1H3;2*2-6H,1H3;2-5H,1H3,(H,9,10);2*2-4H,1H3,(H,8,9,10);2-4H,1H3,(H,8,10);2-3H,1H3,(H,8,9,10);2-5H,1H3;2*2-4H,1H3;2-3H,1H3,(H,5,6);2H,1H3,(H,4,5,6). The number of pyridine rings is 6. The van der Waals surface area contributed by atoms with Gasteiger partial charge in [-0.05, 0) is 237 Å². The third kappa shape index (κ3) is 31.3. The van der Waals surface area contributed by atoms with Crippen LogP contribution in [-0.4, -0.2) is 156 Å². The highest BCUT2D eigenvalue weighted by atomic mass is 15.2. The van der Waals surface area contributed by atoms with E-state index in [2.05, 4.69) is 213 Å². The Kier molecular flexibility index (Phi) is 36.2. The Morgan fingerprint density at radius 3 is 1.48 bits per heavy atom. The molecule has 0 amide bonds. The van der Waals surface area contributed by atoms with E-state index in [0.29, 0.717) is 0 Å². The molecule has 23 rings (SSSR count). The molecule has 0 atom stereocenters. The number of fused-ring (bicyclic) bond motifs is 9. The van der Waals surface area contributed by atoms with Gasteiger partial charge in [-0.3, -0.25) is 50.3 Å². The number of aromatic nitrogens is 31. The number of rotatable bonds is 0. The summed E-state index contributed by atoms with van der Waals surface area (Å²) in [4.78, 5) is 57.7. The van der Waals surface area contributed by atoms with Gasteiger partial charge in [0, 0.05) is 143 Å². The third-order valence-electron chi connectivity index (χ3n) is 17.7. The lowest BCUT2D eigenvalue weighted by atomic mass is 10.1. The van der Waals surface area contributed by atoms with Crippen molar-refractivity contribution in [2.75, 3.05) is 0 Å². The summed E-state index contributed by atoms with van der Waals surface area (Å²) in [5.74, 6) is 0.856. The fourth-order valence-corrected chi connectivity index (χ4v) is 11.2. The fraction of sp³-hybridized carbons (Fsp3) is 0.146. The second-order valence-corrected chi connectivity index (χ2v) is 28.5. The van der Waals surface area contributed by atoms with Crippen LogP contribution >= 0.6 is 0 Å². The molecule has 0 saturated carbocycles. The molecule has 31 heteroatoms. The van der Waals surface area contributed by atoms with E-state index in [1.807, 2.05) is 254 Å². The van der Waals surface area contributed by atoms with Crippen LogP contribution in [0.4, 0.5) is 0 Å². The summed E-state index contributed by atoms with van der Waals surface area (Å²) < 4.78 is 0. The Hall–Kier alpha value is -16.9. The van der Waals surface area contributed by atoms with Crippen molar-refractivity contribution in [3.05, 3.63) is 385 Å². The molecule has 127 heavy (non-hydrogen) atoms. The van der Waals surface area contributed by atoms with E-state index in [1.54, 1.807) is 86.9 Å². The monoisotopic (exact) mass is 1690 g/mol. The predicted octanol–water partition coefficient (Wildman–Crippen LogP) is 19.1. The molecule has 0 aliphatic heterocycles. The van der Waals surface area contributed by atoms with Gasteiger partial charge in [0.1, 0.15) is 17.8 Å². The summed E-state index contributed by atoms with van der Waals surface area (Å²) in [7, 11) is 0. The number of aromatic amines is 7. The van der Waals surface area contributed by atoms with Crippen LogP contribution in [0.5, 0.6) is 0 Å². The van der Waals surface area contributed by atoms with Crippen molar-refractivity contribution in [1.82, 2.24) is 156 Å². The van der Waals surface area contributed by atoms with E-state index in [0.717, 1.165) is 123 Å². The molecule has 0 unspecified atom stereocenters. The molecule has 0 aliphatic rings.